The summed E-state index contributed by atoms with van der Waals surface area (Å²) < 4.78 is 10.7. The molecular weight excluding hydrogens is 430 g/mol. The van der Waals surface area contributed by atoms with Gasteiger partial charge >= 0.3 is 6.09 Å². The molecule has 0 saturated carbocycles. The predicted octanol–water partition coefficient (Wildman–Crippen LogP) is 4.70. The fourth-order valence-electron chi connectivity index (χ4n) is 4.11. The summed E-state index contributed by atoms with van der Waals surface area (Å²) in [5, 5.41) is 7.89. The highest BCUT2D eigenvalue weighted by molar-refractivity contribution is 5.99. The number of hydrogen-bond donors (Lipinski definition) is 2. The molecule has 1 aromatic carbocycles. The summed E-state index contributed by atoms with van der Waals surface area (Å²) in [6.45, 7) is 5.48. The number of nitrogens with zero attached hydrogens (tertiary/aromatic N) is 3. The van der Waals surface area contributed by atoms with Crippen LogP contribution in [0.2, 0.25) is 0 Å². The lowest BCUT2D eigenvalue weighted by atomic mass is 9.93. The minimum Gasteiger partial charge on any atom is -0.473 e. The van der Waals surface area contributed by atoms with Crippen molar-refractivity contribution >= 4 is 28.4 Å². The number of amides is 1. The van der Waals surface area contributed by atoms with Gasteiger partial charge in [-0.15, -0.1) is 0 Å². The van der Waals surface area contributed by atoms with Gasteiger partial charge in [-0.3, -0.25) is 5.32 Å². The Morgan fingerprint density at radius 3 is 2.85 bits per heavy atom. The highest BCUT2D eigenvalue weighted by atomic mass is 16.5. The Balaban J connectivity index is 1.38. The van der Waals surface area contributed by atoms with E-state index in [-0.39, 0.29) is 0 Å². The van der Waals surface area contributed by atoms with E-state index >= 15 is 0 Å². The summed E-state index contributed by atoms with van der Waals surface area (Å²) >= 11 is 0. The van der Waals surface area contributed by atoms with E-state index in [4.69, 9.17) is 4.74 Å². The quantitative estimate of drug-likeness (QED) is 0.470. The zero-order valence-electron chi connectivity index (χ0n) is 19.9. The maximum atomic E-state index is 11.6. The van der Waals surface area contributed by atoms with Crippen molar-refractivity contribution in [3.8, 4) is 5.88 Å². The van der Waals surface area contributed by atoms with Crippen molar-refractivity contribution < 1.29 is 14.3 Å². The molecule has 3 heterocycles. The predicted molar refractivity (Wildman–Crippen MR) is 134 cm³/mol. The van der Waals surface area contributed by atoms with Gasteiger partial charge in [0.1, 0.15) is 12.4 Å². The van der Waals surface area contributed by atoms with Crippen molar-refractivity contribution in [3.63, 3.8) is 0 Å². The molecule has 2 aromatic heterocycles. The van der Waals surface area contributed by atoms with Crippen LogP contribution in [0.15, 0.2) is 60.4 Å². The summed E-state index contributed by atoms with van der Waals surface area (Å²) in [7, 11) is 3.48. The molecule has 0 bridgehead atoms. The van der Waals surface area contributed by atoms with Gasteiger partial charge in [0.25, 0.3) is 0 Å². The standard InChI is InChI=1S/C26H31N5O3/c1-4-19-16-31(2)12-9-21(19)17-34-24-13-18(7-10-27-24)15-29-22-5-6-23-20(14-22)8-11-28-25(23)30-26(32)33-3/h5-11,13-14,19,29H,4,12,15-17H2,1-3H3,(H,28,30,32). The van der Waals surface area contributed by atoms with Crippen molar-refractivity contribution in [1.29, 1.82) is 0 Å². The third-order valence-corrected chi connectivity index (χ3v) is 6.07. The van der Waals surface area contributed by atoms with E-state index < -0.39 is 6.09 Å². The number of anilines is 2. The van der Waals surface area contributed by atoms with Crippen molar-refractivity contribution in [3.05, 3.63) is 66.0 Å². The number of hydrogen-bond acceptors (Lipinski definition) is 7. The lowest BCUT2D eigenvalue weighted by Gasteiger charge is -2.29. The zero-order chi connectivity index (χ0) is 23.9. The van der Waals surface area contributed by atoms with Gasteiger partial charge in [0, 0.05) is 49.2 Å². The van der Waals surface area contributed by atoms with Crippen LogP contribution < -0.4 is 15.4 Å². The topological polar surface area (TPSA) is 88.6 Å². The van der Waals surface area contributed by atoms with E-state index in [2.05, 4.69) is 50.3 Å². The van der Waals surface area contributed by atoms with Crippen LogP contribution in [0.5, 0.6) is 5.88 Å². The summed E-state index contributed by atoms with van der Waals surface area (Å²) in [5.74, 6) is 1.64. The van der Waals surface area contributed by atoms with Gasteiger partial charge in [-0.05, 0) is 66.2 Å². The Morgan fingerprint density at radius 1 is 1.18 bits per heavy atom. The number of carbonyl (C=O) groups is 1. The van der Waals surface area contributed by atoms with Crippen LogP contribution in [-0.2, 0) is 11.3 Å². The first kappa shape index (κ1) is 23.5. The molecule has 8 nitrogen and oxygen atoms in total. The fourth-order valence-corrected chi connectivity index (χ4v) is 4.11. The minimum atomic E-state index is -0.546. The largest absolute Gasteiger partial charge is 0.473 e. The van der Waals surface area contributed by atoms with Crippen molar-refractivity contribution in [1.82, 2.24) is 14.9 Å². The van der Waals surface area contributed by atoms with Gasteiger partial charge in [-0.25, -0.2) is 14.8 Å². The average molecular weight is 462 g/mol. The first-order chi connectivity index (χ1) is 16.6. The van der Waals surface area contributed by atoms with Crippen LogP contribution in [0.25, 0.3) is 10.8 Å². The van der Waals surface area contributed by atoms with Crippen LogP contribution in [0.3, 0.4) is 0 Å². The van der Waals surface area contributed by atoms with Crippen LogP contribution in [0.4, 0.5) is 16.3 Å². The summed E-state index contributed by atoms with van der Waals surface area (Å²) in [4.78, 5) is 22.5. The van der Waals surface area contributed by atoms with Gasteiger partial charge < -0.3 is 19.7 Å². The maximum absolute atomic E-state index is 11.6. The maximum Gasteiger partial charge on any atom is 0.412 e. The molecule has 0 fully saturated rings. The number of carbonyl (C=O) groups excluding carboxylic acids is 1. The van der Waals surface area contributed by atoms with E-state index in [9.17, 15) is 4.79 Å². The number of likely N-dealkylation sites (N-methyl/N-ethyl adjacent to an activating group) is 1. The van der Waals surface area contributed by atoms with Crippen LogP contribution in [-0.4, -0.2) is 54.8 Å². The molecule has 1 atom stereocenters. The Kier molecular flexibility index (Phi) is 7.59. The number of nitrogens with one attached hydrogen (secondary N) is 2. The van der Waals surface area contributed by atoms with Crippen molar-refractivity contribution in [2.75, 3.05) is 44.5 Å². The molecule has 3 aromatic rings. The highest BCUT2D eigenvalue weighted by Crippen LogP contribution is 2.25. The van der Waals surface area contributed by atoms with Gasteiger partial charge in [0.05, 0.1) is 7.11 Å². The fraction of sp³-hybridized carbons (Fsp3) is 0.346. The zero-order valence-corrected chi connectivity index (χ0v) is 19.9. The molecule has 34 heavy (non-hydrogen) atoms. The number of aromatic nitrogens is 2. The Morgan fingerprint density at radius 2 is 2.03 bits per heavy atom. The minimum absolute atomic E-state index is 0.469. The number of pyridine rings is 2. The third-order valence-electron chi connectivity index (χ3n) is 6.07. The molecule has 4 rings (SSSR count). The molecule has 1 aliphatic heterocycles. The summed E-state index contributed by atoms with van der Waals surface area (Å²) in [6.07, 6.45) is 6.29. The third kappa shape index (κ3) is 5.82. The van der Waals surface area contributed by atoms with E-state index in [1.165, 1.54) is 12.7 Å². The lowest BCUT2D eigenvalue weighted by Crippen LogP contribution is -2.33. The van der Waals surface area contributed by atoms with Crippen molar-refractivity contribution in [2.45, 2.75) is 19.9 Å². The Hall–Kier alpha value is -3.65. The summed E-state index contributed by atoms with van der Waals surface area (Å²) in [6, 6.07) is 11.8. The van der Waals surface area contributed by atoms with E-state index in [1.807, 2.05) is 36.4 Å². The van der Waals surface area contributed by atoms with Gasteiger partial charge in [-0.2, -0.15) is 0 Å². The second-order valence-electron chi connectivity index (χ2n) is 8.46. The molecule has 1 unspecified atom stereocenters. The summed E-state index contributed by atoms with van der Waals surface area (Å²) in [5.41, 5.74) is 3.40. The molecule has 0 aliphatic carbocycles. The van der Waals surface area contributed by atoms with Gasteiger partial charge in [-0.1, -0.05) is 13.0 Å². The first-order valence-corrected chi connectivity index (χ1v) is 11.5. The molecule has 178 valence electrons. The molecule has 0 spiro atoms. The molecule has 0 saturated heterocycles. The van der Waals surface area contributed by atoms with Crippen LogP contribution in [0, 0.1) is 5.92 Å². The molecular formula is C26H31N5O3. The SMILES string of the molecule is CCC1CN(C)CC=C1COc1cc(CNc2ccc3c(NC(=O)OC)nccc3c2)ccn1. The molecule has 1 aliphatic rings. The number of methoxy groups -OCH3 is 1. The molecule has 1 amide bonds. The molecule has 2 N–H and O–H groups in total. The number of fused-ring (bicyclic) bond motifs is 1. The van der Waals surface area contributed by atoms with E-state index in [0.29, 0.717) is 30.8 Å². The molecule has 8 heteroatoms. The normalized spacial score (nSPS) is 16.1. The van der Waals surface area contributed by atoms with E-state index in [1.54, 1.807) is 12.4 Å². The number of ether oxygens (including phenoxy) is 2. The van der Waals surface area contributed by atoms with Crippen molar-refractivity contribution in [2.24, 2.45) is 5.92 Å². The second kappa shape index (κ2) is 11.0. The van der Waals surface area contributed by atoms with E-state index in [0.717, 1.165) is 41.5 Å². The van der Waals surface area contributed by atoms with Crippen LogP contribution >= 0.6 is 0 Å². The highest BCUT2D eigenvalue weighted by Gasteiger charge is 2.19. The van der Waals surface area contributed by atoms with Crippen LogP contribution in [0.1, 0.15) is 18.9 Å². The second-order valence-corrected chi connectivity index (χ2v) is 8.46. The monoisotopic (exact) mass is 461 g/mol. The Bertz CT molecular complexity index is 1180. The van der Waals surface area contributed by atoms with Gasteiger partial charge in [0.2, 0.25) is 5.88 Å². The van der Waals surface area contributed by atoms with Gasteiger partial charge in [0.15, 0.2) is 0 Å². The smallest absolute Gasteiger partial charge is 0.412 e. The number of rotatable bonds is 8. The Labute approximate surface area is 200 Å². The average Bonchev–Trinajstić information content (AvgIpc) is 2.86. The lowest BCUT2D eigenvalue weighted by molar-refractivity contribution is 0.187. The molecule has 0 radical (unpaired) electrons. The number of benzene rings is 1. The first-order valence-electron chi connectivity index (χ1n) is 11.5.